The van der Waals surface area contributed by atoms with Crippen molar-refractivity contribution in [2.24, 2.45) is 0 Å². The molecule has 0 saturated carbocycles. The Balaban J connectivity index is 1.70. The van der Waals surface area contributed by atoms with Gasteiger partial charge in [-0.2, -0.15) is 0 Å². The Labute approximate surface area is 759 Å². The number of aryl methyl sites for hydroxylation is 3. The molecule has 3 nitrogen and oxygen atoms in total. The Hall–Kier alpha value is -6.36. The second-order valence-corrected chi connectivity index (χ2v) is 37.8. The molecule has 0 aliphatic heterocycles. The maximum Gasteiger partial charge on any atom is 0.0614 e. The summed E-state index contributed by atoms with van der Waals surface area (Å²) in [6.07, 6.45) is 90.4. The number of hydrogen-bond donors (Lipinski definition) is 0. The second-order valence-electron chi connectivity index (χ2n) is 37.8. The number of fused-ring (bicyclic) bond motifs is 12. The van der Waals surface area contributed by atoms with Crippen LogP contribution in [0.2, 0.25) is 0 Å². The predicted octanol–water partition coefficient (Wildman–Crippen LogP) is 38.4. The summed E-state index contributed by atoms with van der Waals surface area (Å²) >= 11 is 0. The summed E-state index contributed by atoms with van der Waals surface area (Å²) in [5.41, 5.74) is 14.8. The van der Waals surface area contributed by atoms with Gasteiger partial charge in [-0.3, -0.25) is 0 Å². The molecule has 0 spiro atoms. The maximum absolute atomic E-state index is 3.99. The quantitative estimate of drug-likeness (QED) is 0.0267. The molecule has 0 amide bonds. The van der Waals surface area contributed by atoms with Gasteiger partial charge >= 0.3 is 0 Å². The van der Waals surface area contributed by atoms with E-state index in [1.165, 1.54) is 431 Å². The summed E-state index contributed by atoms with van der Waals surface area (Å²) in [5.74, 6) is 47.0. The minimum Gasteiger partial charge on any atom is -0.340 e. The fourth-order valence-corrected chi connectivity index (χ4v) is 19.2. The molecule has 123 heavy (non-hydrogen) atoms. The number of nitrogens with zero attached hydrogens (tertiary/aromatic N) is 3. The topological polar surface area (TPSA) is 14.8 Å². The van der Waals surface area contributed by atoms with Gasteiger partial charge in [-0.05, 0) is 94.2 Å². The van der Waals surface area contributed by atoms with Crippen LogP contribution < -0.4 is 0 Å². The van der Waals surface area contributed by atoms with E-state index in [1.54, 1.807) is 0 Å². The fraction of sp³-hybridized carbons (Fsp3) is 0.700. The molecule has 0 saturated heterocycles. The van der Waals surface area contributed by atoms with Crippen LogP contribution >= 0.6 is 0 Å². The first-order valence-electron chi connectivity index (χ1n) is 54.0. The molecular weight excluding hydrogens is 1480 g/mol. The van der Waals surface area contributed by atoms with Gasteiger partial charge in [-0.25, -0.2) is 0 Å². The lowest BCUT2D eigenvalue weighted by Gasteiger charge is -2.13. The average Bonchev–Trinajstić information content (AvgIpc) is 1.51. The first-order chi connectivity index (χ1) is 60.9. The summed E-state index contributed by atoms with van der Waals surface area (Å²) < 4.78 is 8.69. The van der Waals surface area contributed by atoms with Gasteiger partial charge in [0.25, 0.3) is 0 Å². The van der Waals surface area contributed by atoms with Crippen molar-refractivity contribution in [3.05, 3.63) is 69.8 Å². The Morgan fingerprint density at radius 1 is 0.163 bits per heavy atom. The van der Waals surface area contributed by atoms with Gasteiger partial charge in [0.15, 0.2) is 0 Å². The number of aromatic nitrogens is 3. The van der Waals surface area contributed by atoms with E-state index in [0.29, 0.717) is 0 Å². The molecule has 3 aromatic heterocycles. The van der Waals surface area contributed by atoms with Crippen molar-refractivity contribution < 1.29 is 0 Å². The highest BCUT2D eigenvalue weighted by Crippen LogP contribution is 2.50. The molecule has 678 valence electrons. The highest BCUT2D eigenvalue weighted by atomic mass is 15.0. The van der Waals surface area contributed by atoms with Crippen LogP contribution in [-0.4, -0.2) is 13.7 Å². The smallest absolute Gasteiger partial charge is 0.0614 e. The minimum atomic E-state index is 0.912. The normalized spacial score (nSPS) is 11.4. The molecule has 0 aliphatic rings. The summed E-state index contributed by atoms with van der Waals surface area (Å²) in [6.45, 7) is 23.9. The lowest BCUT2D eigenvalue weighted by atomic mass is 9.97. The minimum absolute atomic E-state index is 0.912. The SMILES string of the molecule is CCCCCCCCC#Cc1cc2c3c(c4c5cc(C#CCCCCCCCC)c(C#CCCCCCCCC)cc5n(CCCCCCCCCCCC)c4c4c5cc(C#CCCCCCCCC)c(C#CCCCCCCCC)cc5n(CCCCCCCCCCCC)c34)n(CCCCCCCCCCCC)c2cc1C#CCCCCCCCC. The van der Waals surface area contributed by atoms with Crippen LogP contribution in [0.15, 0.2) is 36.4 Å². The van der Waals surface area contributed by atoms with Crippen molar-refractivity contribution in [2.75, 3.05) is 0 Å². The first-order valence-corrected chi connectivity index (χ1v) is 54.0. The summed E-state index contributed by atoms with van der Waals surface area (Å²) in [5, 5.41) is 8.22. The van der Waals surface area contributed by atoms with Gasteiger partial charge in [0.1, 0.15) is 0 Å². The van der Waals surface area contributed by atoms with Gasteiger partial charge in [0.05, 0.1) is 33.1 Å². The molecule has 3 heterocycles. The average molecular weight is 1670 g/mol. The fourth-order valence-electron chi connectivity index (χ4n) is 19.2. The largest absolute Gasteiger partial charge is 0.340 e. The Kier molecular flexibility index (Phi) is 57.2. The van der Waals surface area contributed by atoms with E-state index in [-0.39, 0.29) is 0 Å². The van der Waals surface area contributed by atoms with Crippen LogP contribution in [0.3, 0.4) is 0 Å². The van der Waals surface area contributed by atoms with Gasteiger partial charge < -0.3 is 13.7 Å². The van der Waals surface area contributed by atoms with Crippen LogP contribution in [0, 0.1) is 71.0 Å². The van der Waals surface area contributed by atoms with E-state index in [0.717, 1.165) is 149 Å². The zero-order valence-corrected chi connectivity index (χ0v) is 81.8. The van der Waals surface area contributed by atoms with E-state index in [9.17, 15) is 0 Å². The molecular formula is C120H183N3. The van der Waals surface area contributed by atoms with Crippen LogP contribution in [0.5, 0.6) is 0 Å². The highest BCUT2D eigenvalue weighted by molar-refractivity contribution is 6.39. The van der Waals surface area contributed by atoms with Gasteiger partial charge in [-0.15, -0.1) is 0 Å². The third kappa shape index (κ3) is 38.2. The Morgan fingerprint density at radius 3 is 0.463 bits per heavy atom. The standard InChI is InChI=1S/C120H183N3/c1-10-19-28-37-46-55-58-67-76-85-94-121-112-100-106(91-82-73-64-52-43-34-25-16-7)103(88-79-70-61-49-40-31-22-13-4)97-109(112)115-118(121)116-110-98-104(89-80-71-62-50-41-32-23-14-5)107(92-83-74-65-53-44-35-26-17-8)101-113(110)122(95-86-77-68-59-56-47-38-29-20-11-2)120(116)117-111-99-105(90-81-72-63-51-42-33-24-15-6)108(93-84-75-66-54-45-36-27-18-9)102-114(111)123(119(115)117)96-87-78-69-60-57-48-39-30-21-12-3/h97-102H,10-78,85-87,94-96H2,1-9H3. The molecule has 4 aromatic carbocycles. The molecule has 7 aromatic rings. The molecule has 0 aliphatic carbocycles. The van der Waals surface area contributed by atoms with Crippen LogP contribution in [0.25, 0.3) is 65.4 Å². The number of rotatable bonds is 69. The Bertz CT molecular complexity index is 3940. The number of unbranched alkanes of at least 4 members (excludes halogenated alkanes) is 63. The van der Waals surface area contributed by atoms with Gasteiger partial charge in [-0.1, -0.05) is 499 Å². The monoisotopic (exact) mass is 1670 g/mol. The second kappa shape index (κ2) is 67.9. The van der Waals surface area contributed by atoms with E-state index in [2.05, 4.69) is 183 Å². The Morgan fingerprint density at radius 2 is 0.301 bits per heavy atom. The van der Waals surface area contributed by atoms with E-state index in [1.807, 2.05) is 0 Å². The molecule has 0 unspecified atom stereocenters. The van der Waals surface area contributed by atoms with Crippen molar-refractivity contribution >= 4 is 65.4 Å². The molecule has 3 heteroatoms. The molecule has 0 radical (unpaired) electrons. The van der Waals surface area contributed by atoms with Crippen molar-refractivity contribution in [1.82, 2.24) is 13.7 Å². The molecule has 0 N–H and O–H groups in total. The lowest BCUT2D eigenvalue weighted by molar-refractivity contribution is 0.541. The first kappa shape index (κ1) is 104. The third-order valence-corrected chi connectivity index (χ3v) is 26.8. The summed E-state index contributed by atoms with van der Waals surface area (Å²) in [6, 6.07) is 15.5. The molecule has 7 rings (SSSR count). The van der Waals surface area contributed by atoms with Crippen molar-refractivity contribution in [2.45, 2.75) is 544 Å². The van der Waals surface area contributed by atoms with E-state index >= 15 is 0 Å². The summed E-state index contributed by atoms with van der Waals surface area (Å²) in [7, 11) is 0. The molecule has 0 fully saturated rings. The van der Waals surface area contributed by atoms with E-state index in [4.69, 9.17) is 0 Å². The van der Waals surface area contributed by atoms with Crippen molar-refractivity contribution in [3.8, 4) is 71.0 Å². The van der Waals surface area contributed by atoms with Crippen LogP contribution in [0.1, 0.15) is 558 Å². The highest BCUT2D eigenvalue weighted by Gasteiger charge is 2.30. The third-order valence-electron chi connectivity index (χ3n) is 26.8. The van der Waals surface area contributed by atoms with Gasteiger partial charge in [0, 0.05) is 124 Å². The zero-order chi connectivity index (χ0) is 86.9. The van der Waals surface area contributed by atoms with Crippen LogP contribution in [0.4, 0.5) is 0 Å². The van der Waals surface area contributed by atoms with E-state index < -0.39 is 0 Å². The predicted molar refractivity (Wildman–Crippen MR) is 550 cm³/mol. The van der Waals surface area contributed by atoms with Gasteiger partial charge in [0.2, 0.25) is 0 Å². The lowest BCUT2D eigenvalue weighted by Crippen LogP contribution is -2.02. The van der Waals surface area contributed by atoms with Crippen molar-refractivity contribution in [3.63, 3.8) is 0 Å². The maximum atomic E-state index is 3.99. The number of benzene rings is 4. The zero-order valence-electron chi connectivity index (χ0n) is 81.8. The van der Waals surface area contributed by atoms with Crippen LogP contribution in [-0.2, 0) is 19.6 Å². The molecule has 0 atom stereocenters. The number of hydrogen-bond acceptors (Lipinski definition) is 0. The molecule has 0 bridgehead atoms. The van der Waals surface area contributed by atoms with Crippen molar-refractivity contribution in [1.29, 1.82) is 0 Å². The summed E-state index contributed by atoms with van der Waals surface area (Å²) in [4.78, 5) is 0.